The zero-order chi connectivity index (χ0) is 14.8. The fraction of sp³-hybridized carbons (Fsp3) is 0.308. The van der Waals surface area contributed by atoms with Crippen molar-refractivity contribution in [2.45, 2.75) is 22.9 Å². The molecule has 0 amide bonds. The van der Waals surface area contributed by atoms with E-state index in [4.69, 9.17) is 34.8 Å². The van der Waals surface area contributed by atoms with Gasteiger partial charge in [-0.25, -0.2) is 0 Å². The molecule has 0 atom stereocenters. The number of rotatable bonds is 3. The highest BCUT2D eigenvalue weighted by Gasteiger charge is 2.17. The van der Waals surface area contributed by atoms with Gasteiger partial charge in [-0.15, -0.1) is 0 Å². The van der Waals surface area contributed by atoms with Gasteiger partial charge in [-0.3, -0.25) is 0 Å². The van der Waals surface area contributed by atoms with E-state index in [1.165, 1.54) is 11.8 Å². The summed E-state index contributed by atoms with van der Waals surface area (Å²) in [5.41, 5.74) is 0. The number of anilines is 1. The van der Waals surface area contributed by atoms with Crippen LogP contribution in [0.1, 0.15) is 12.8 Å². The molecule has 21 heavy (non-hydrogen) atoms. The Kier molecular flexibility index (Phi) is 4.74. The topological polar surface area (TPSA) is 41.9 Å². The summed E-state index contributed by atoms with van der Waals surface area (Å²) < 4.78 is 0. The average Bonchev–Trinajstić information content (AvgIpc) is 2.96. The van der Waals surface area contributed by atoms with Crippen LogP contribution in [0.25, 0.3) is 0 Å². The molecule has 2 aromatic rings. The van der Waals surface area contributed by atoms with Crippen molar-refractivity contribution in [1.82, 2.24) is 15.0 Å². The maximum absolute atomic E-state index is 6.16. The first kappa shape index (κ1) is 15.2. The highest BCUT2D eigenvalue weighted by molar-refractivity contribution is 7.99. The van der Waals surface area contributed by atoms with Crippen LogP contribution in [0.15, 0.2) is 28.3 Å². The van der Waals surface area contributed by atoms with Crippen molar-refractivity contribution >= 4 is 52.5 Å². The van der Waals surface area contributed by atoms with Crippen LogP contribution in [0, 0.1) is 0 Å². The number of nitrogens with zero attached hydrogens (tertiary/aromatic N) is 4. The van der Waals surface area contributed by atoms with Crippen LogP contribution in [0.4, 0.5) is 5.95 Å². The standard InChI is InChI=1S/C13H11Cl3N4S/c14-8-3-4-9(15)10(7-8)21-13-18-11(16)17-12(19-13)20-5-1-2-6-20/h3-4,7H,1-2,5-6H2. The summed E-state index contributed by atoms with van der Waals surface area (Å²) in [7, 11) is 0. The van der Waals surface area contributed by atoms with Gasteiger partial charge in [0, 0.05) is 23.0 Å². The smallest absolute Gasteiger partial charge is 0.230 e. The van der Waals surface area contributed by atoms with Crippen molar-refractivity contribution in [3.05, 3.63) is 33.5 Å². The quantitative estimate of drug-likeness (QED) is 0.800. The summed E-state index contributed by atoms with van der Waals surface area (Å²) in [4.78, 5) is 15.7. The molecular formula is C13H11Cl3N4S. The summed E-state index contributed by atoms with van der Waals surface area (Å²) in [6, 6.07) is 5.27. The lowest BCUT2D eigenvalue weighted by atomic mass is 10.4. The molecule has 0 unspecified atom stereocenters. The van der Waals surface area contributed by atoms with E-state index in [0.29, 0.717) is 21.2 Å². The number of benzene rings is 1. The average molecular weight is 362 g/mol. The zero-order valence-electron chi connectivity index (χ0n) is 10.9. The minimum Gasteiger partial charge on any atom is -0.341 e. The van der Waals surface area contributed by atoms with Crippen LogP contribution in [-0.4, -0.2) is 28.0 Å². The lowest BCUT2D eigenvalue weighted by molar-refractivity contribution is 0.826. The molecule has 0 saturated carbocycles. The molecule has 0 bridgehead atoms. The van der Waals surface area contributed by atoms with Crippen LogP contribution >= 0.6 is 46.6 Å². The summed E-state index contributed by atoms with van der Waals surface area (Å²) in [6.07, 6.45) is 2.29. The minimum atomic E-state index is 0.188. The van der Waals surface area contributed by atoms with Gasteiger partial charge in [-0.1, -0.05) is 23.2 Å². The fourth-order valence-electron chi connectivity index (χ4n) is 2.08. The van der Waals surface area contributed by atoms with Gasteiger partial charge >= 0.3 is 0 Å². The molecule has 8 heteroatoms. The van der Waals surface area contributed by atoms with E-state index in [1.54, 1.807) is 18.2 Å². The second kappa shape index (κ2) is 6.57. The van der Waals surface area contributed by atoms with Crippen LogP contribution in [0.3, 0.4) is 0 Å². The largest absolute Gasteiger partial charge is 0.341 e. The number of aromatic nitrogens is 3. The maximum atomic E-state index is 6.16. The molecule has 110 valence electrons. The Balaban J connectivity index is 1.89. The Morgan fingerprint density at radius 3 is 2.52 bits per heavy atom. The van der Waals surface area contributed by atoms with E-state index in [1.807, 2.05) is 0 Å². The molecular weight excluding hydrogens is 351 g/mol. The molecule has 0 spiro atoms. The molecule has 1 aromatic heterocycles. The first-order valence-corrected chi connectivity index (χ1v) is 8.36. The molecule has 0 radical (unpaired) electrons. The van der Waals surface area contributed by atoms with Gasteiger partial charge in [0.15, 0.2) is 5.16 Å². The van der Waals surface area contributed by atoms with Crippen molar-refractivity contribution in [3.63, 3.8) is 0 Å². The molecule has 4 nitrogen and oxygen atoms in total. The van der Waals surface area contributed by atoms with Crippen molar-refractivity contribution in [2.75, 3.05) is 18.0 Å². The lowest BCUT2D eigenvalue weighted by Gasteiger charge is -2.15. The van der Waals surface area contributed by atoms with E-state index in [-0.39, 0.29) is 5.28 Å². The normalized spacial score (nSPS) is 14.7. The van der Waals surface area contributed by atoms with Crippen molar-refractivity contribution < 1.29 is 0 Å². The monoisotopic (exact) mass is 360 g/mol. The highest BCUT2D eigenvalue weighted by Crippen LogP contribution is 2.34. The van der Waals surface area contributed by atoms with Crippen molar-refractivity contribution in [1.29, 1.82) is 0 Å². The highest BCUT2D eigenvalue weighted by atomic mass is 35.5. The summed E-state index contributed by atoms with van der Waals surface area (Å²) >= 11 is 19.5. The van der Waals surface area contributed by atoms with E-state index in [2.05, 4.69) is 19.9 Å². The minimum absolute atomic E-state index is 0.188. The third-order valence-corrected chi connectivity index (χ3v) is 4.83. The van der Waals surface area contributed by atoms with E-state index >= 15 is 0 Å². The van der Waals surface area contributed by atoms with Crippen molar-refractivity contribution in [2.24, 2.45) is 0 Å². The zero-order valence-corrected chi connectivity index (χ0v) is 14.0. The third-order valence-electron chi connectivity index (χ3n) is 3.06. The summed E-state index contributed by atoms with van der Waals surface area (Å²) in [5.74, 6) is 0.619. The molecule has 1 fully saturated rings. The number of halogens is 3. The molecule has 1 saturated heterocycles. The van der Waals surface area contributed by atoms with Gasteiger partial charge in [0.05, 0.1) is 5.02 Å². The van der Waals surface area contributed by atoms with Gasteiger partial charge in [-0.05, 0) is 54.4 Å². The maximum Gasteiger partial charge on any atom is 0.230 e. The SMILES string of the molecule is Clc1ccc(Cl)c(Sc2nc(Cl)nc(N3CCCC3)n2)c1. The van der Waals surface area contributed by atoms with E-state index in [0.717, 1.165) is 30.8 Å². The predicted octanol–water partition coefficient (Wildman–Crippen LogP) is 4.58. The fourth-order valence-corrected chi connectivity index (χ4v) is 3.56. The number of hydrogen-bond donors (Lipinski definition) is 0. The van der Waals surface area contributed by atoms with E-state index < -0.39 is 0 Å². The number of hydrogen-bond acceptors (Lipinski definition) is 5. The van der Waals surface area contributed by atoms with Crippen LogP contribution in [0.2, 0.25) is 15.3 Å². The van der Waals surface area contributed by atoms with Gasteiger partial charge in [-0.2, -0.15) is 15.0 Å². The van der Waals surface area contributed by atoms with Crippen molar-refractivity contribution in [3.8, 4) is 0 Å². The molecule has 2 heterocycles. The Labute approximate surface area is 141 Å². The second-order valence-electron chi connectivity index (χ2n) is 4.56. The summed E-state index contributed by atoms with van der Waals surface area (Å²) in [6.45, 7) is 1.89. The Morgan fingerprint density at radius 1 is 1.00 bits per heavy atom. The Bertz CT molecular complexity index is 662. The first-order chi connectivity index (χ1) is 10.1. The second-order valence-corrected chi connectivity index (χ2v) is 6.75. The predicted molar refractivity (Wildman–Crippen MR) is 86.9 cm³/mol. The lowest BCUT2D eigenvalue weighted by Crippen LogP contribution is -2.21. The molecule has 0 N–H and O–H groups in total. The van der Waals surface area contributed by atoms with Gasteiger partial charge in [0.1, 0.15) is 0 Å². The first-order valence-electron chi connectivity index (χ1n) is 6.41. The Hall–Kier alpha value is -0.750. The summed E-state index contributed by atoms with van der Waals surface area (Å²) in [5, 5.41) is 1.92. The molecule has 0 aliphatic carbocycles. The van der Waals surface area contributed by atoms with E-state index in [9.17, 15) is 0 Å². The van der Waals surface area contributed by atoms with Crippen LogP contribution in [-0.2, 0) is 0 Å². The third kappa shape index (κ3) is 3.72. The molecule has 3 rings (SSSR count). The molecule has 1 aliphatic rings. The Morgan fingerprint density at radius 2 is 1.76 bits per heavy atom. The molecule has 1 aliphatic heterocycles. The van der Waals surface area contributed by atoms with Crippen LogP contribution in [0.5, 0.6) is 0 Å². The van der Waals surface area contributed by atoms with Gasteiger partial charge in [0.25, 0.3) is 0 Å². The molecule has 1 aromatic carbocycles. The van der Waals surface area contributed by atoms with Gasteiger partial charge < -0.3 is 4.90 Å². The van der Waals surface area contributed by atoms with Crippen LogP contribution < -0.4 is 4.90 Å². The van der Waals surface area contributed by atoms with Gasteiger partial charge in [0.2, 0.25) is 11.2 Å².